The molecule has 0 amide bonds. The van der Waals surface area contributed by atoms with Crippen molar-refractivity contribution >= 4 is 0 Å². The Morgan fingerprint density at radius 2 is 2.14 bits per heavy atom. The minimum atomic E-state index is 0.353. The number of aryl methyl sites for hydroxylation is 1. The first kappa shape index (κ1) is 14.3. The molecule has 0 fully saturated rings. The van der Waals surface area contributed by atoms with Gasteiger partial charge in [-0.2, -0.15) is 0 Å². The molecule has 0 saturated heterocycles. The fourth-order valence-corrected chi connectivity index (χ4v) is 2.98. The molecule has 1 N–H and O–H groups in total. The lowest BCUT2D eigenvalue weighted by Gasteiger charge is -2.16. The average molecular weight is 284 g/mol. The van der Waals surface area contributed by atoms with Gasteiger partial charge < -0.3 is 5.32 Å². The molecule has 4 nitrogen and oxygen atoms in total. The quantitative estimate of drug-likeness (QED) is 0.917. The number of hydrogen-bond donors (Lipinski definition) is 1. The predicted molar refractivity (Wildman–Crippen MR) is 84.7 cm³/mol. The smallest absolute Gasteiger partial charge is 0.138 e. The van der Waals surface area contributed by atoms with Gasteiger partial charge in [-0.15, -0.1) is 0 Å². The highest BCUT2D eigenvalue weighted by Gasteiger charge is 2.17. The van der Waals surface area contributed by atoms with Crippen LogP contribution < -0.4 is 5.32 Å². The van der Waals surface area contributed by atoms with Gasteiger partial charge in [-0.25, -0.2) is 9.97 Å². The summed E-state index contributed by atoms with van der Waals surface area (Å²) >= 11 is 0. The van der Waals surface area contributed by atoms with E-state index in [1.54, 1.807) is 0 Å². The van der Waals surface area contributed by atoms with Gasteiger partial charge in [0.2, 0.25) is 0 Å². The molecule has 3 rings (SSSR count). The molecule has 0 aliphatic heterocycles. The number of fused-ring (bicyclic) bond motifs is 1. The van der Waals surface area contributed by atoms with Crippen LogP contribution in [0, 0.1) is 0 Å². The van der Waals surface area contributed by atoms with Crippen LogP contribution in [-0.2, 0) is 12.8 Å². The van der Waals surface area contributed by atoms with Crippen LogP contribution in [0.5, 0.6) is 0 Å². The van der Waals surface area contributed by atoms with Crippen LogP contribution >= 0.6 is 0 Å². The van der Waals surface area contributed by atoms with Gasteiger partial charge in [0.25, 0.3) is 0 Å². The Hall–Kier alpha value is -1.68. The Kier molecular flexibility index (Phi) is 4.34. The fraction of sp³-hybridized carbons (Fsp3) is 0.529. The SMILES string of the molecule is CCCNC(C)c1ccnc(-n2cnc3c2CCCC3)c1. The van der Waals surface area contributed by atoms with Gasteiger partial charge in [-0.3, -0.25) is 4.57 Å². The number of hydrogen-bond acceptors (Lipinski definition) is 3. The minimum absolute atomic E-state index is 0.353. The summed E-state index contributed by atoms with van der Waals surface area (Å²) in [6.45, 7) is 5.44. The lowest BCUT2D eigenvalue weighted by Crippen LogP contribution is -2.19. The van der Waals surface area contributed by atoms with E-state index < -0.39 is 0 Å². The zero-order valence-electron chi connectivity index (χ0n) is 13.0. The largest absolute Gasteiger partial charge is 0.310 e. The van der Waals surface area contributed by atoms with Gasteiger partial charge in [-0.05, 0) is 63.3 Å². The molecule has 0 bridgehead atoms. The molecule has 4 heteroatoms. The van der Waals surface area contributed by atoms with Gasteiger partial charge in [0.05, 0.1) is 5.69 Å². The normalized spacial score (nSPS) is 15.7. The molecule has 1 unspecified atom stereocenters. The van der Waals surface area contributed by atoms with Crippen molar-refractivity contribution in [2.24, 2.45) is 0 Å². The van der Waals surface area contributed by atoms with Crippen molar-refractivity contribution in [2.75, 3.05) is 6.54 Å². The molecule has 0 saturated carbocycles. The van der Waals surface area contributed by atoms with Crippen LogP contribution in [0.15, 0.2) is 24.7 Å². The van der Waals surface area contributed by atoms with Crippen molar-refractivity contribution in [3.63, 3.8) is 0 Å². The van der Waals surface area contributed by atoms with Crippen LogP contribution in [0.1, 0.15) is 56.1 Å². The number of pyridine rings is 1. The number of imidazole rings is 1. The molecule has 0 spiro atoms. The van der Waals surface area contributed by atoms with E-state index in [0.717, 1.165) is 31.6 Å². The van der Waals surface area contributed by atoms with Crippen LogP contribution in [0.2, 0.25) is 0 Å². The van der Waals surface area contributed by atoms with E-state index in [2.05, 4.69) is 45.8 Å². The van der Waals surface area contributed by atoms with E-state index in [-0.39, 0.29) is 0 Å². The maximum Gasteiger partial charge on any atom is 0.138 e. The Morgan fingerprint density at radius 1 is 1.29 bits per heavy atom. The van der Waals surface area contributed by atoms with E-state index in [1.165, 1.54) is 29.8 Å². The van der Waals surface area contributed by atoms with E-state index in [1.807, 2.05) is 12.5 Å². The molecule has 2 aromatic rings. The highest BCUT2D eigenvalue weighted by molar-refractivity contribution is 5.34. The van der Waals surface area contributed by atoms with Crippen molar-refractivity contribution < 1.29 is 0 Å². The van der Waals surface area contributed by atoms with Crippen molar-refractivity contribution in [3.05, 3.63) is 41.6 Å². The first-order valence-electron chi connectivity index (χ1n) is 8.04. The molecule has 1 atom stereocenters. The summed E-state index contributed by atoms with van der Waals surface area (Å²) in [4.78, 5) is 9.11. The van der Waals surface area contributed by atoms with Crippen LogP contribution in [0.4, 0.5) is 0 Å². The van der Waals surface area contributed by atoms with Gasteiger partial charge >= 0.3 is 0 Å². The number of nitrogens with one attached hydrogen (secondary N) is 1. The van der Waals surface area contributed by atoms with Crippen molar-refractivity contribution in [3.8, 4) is 5.82 Å². The highest BCUT2D eigenvalue weighted by atomic mass is 15.1. The first-order valence-corrected chi connectivity index (χ1v) is 8.04. The van der Waals surface area contributed by atoms with Gasteiger partial charge in [0, 0.05) is 17.9 Å². The second kappa shape index (κ2) is 6.39. The summed E-state index contributed by atoms with van der Waals surface area (Å²) in [6.07, 6.45) is 9.73. The van der Waals surface area contributed by atoms with E-state index in [9.17, 15) is 0 Å². The average Bonchev–Trinajstić information content (AvgIpc) is 2.97. The topological polar surface area (TPSA) is 42.7 Å². The monoisotopic (exact) mass is 284 g/mol. The van der Waals surface area contributed by atoms with Gasteiger partial charge in [0.15, 0.2) is 0 Å². The zero-order valence-corrected chi connectivity index (χ0v) is 13.0. The summed E-state index contributed by atoms with van der Waals surface area (Å²) in [5, 5.41) is 3.53. The summed E-state index contributed by atoms with van der Waals surface area (Å²) < 4.78 is 2.17. The minimum Gasteiger partial charge on any atom is -0.310 e. The summed E-state index contributed by atoms with van der Waals surface area (Å²) in [6, 6.07) is 4.63. The lowest BCUT2D eigenvalue weighted by molar-refractivity contribution is 0.569. The highest BCUT2D eigenvalue weighted by Crippen LogP contribution is 2.23. The summed E-state index contributed by atoms with van der Waals surface area (Å²) in [5.41, 5.74) is 3.89. The van der Waals surface area contributed by atoms with E-state index in [0.29, 0.717) is 6.04 Å². The summed E-state index contributed by atoms with van der Waals surface area (Å²) in [5.74, 6) is 0.994. The molecule has 21 heavy (non-hydrogen) atoms. The predicted octanol–water partition coefficient (Wildman–Crippen LogP) is 3.21. The van der Waals surface area contributed by atoms with Crippen molar-refractivity contribution in [1.29, 1.82) is 0 Å². The number of aromatic nitrogens is 3. The Bertz CT molecular complexity index is 603. The van der Waals surface area contributed by atoms with Crippen LogP contribution in [0.25, 0.3) is 5.82 Å². The number of nitrogens with zero attached hydrogens (tertiary/aromatic N) is 3. The van der Waals surface area contributed by atoms with Crippen molar-refractivity contribution in [1.82, 2.24) is 19.9 Å². The molecule has 1 aliphatic carbocycles. The Balaban J connectivity index is 1.87. The van der Waals surface area contributed by atoms with E-state index >= 15 is 0 Å². The Labute approximate surface area is 126 Å². The third-order valence-corrected chi connectivity index (χ3v) is 4.25. The Morgan fingerprint density at radius 3 is 3.00 bits per heavy atom. The third kappa shape index (κ3) is 3.00. The fourth-order valence-electron chi connectivity index (χ4n) is 2.98. The molecule has 1 aliphatic rings. The molecule has 0 radical (unpaired) electrons. The summed E-state index contributed by atoms with van der Waals surface area (Å²) in [7, 11) is 0. The van der Waals surface area contributed by atoms with Gasteiger partial charge in [-0.1, -0.05) is 6.92 Å². The second-order valence-electron chi connectivity index (χ2n) is 5.84. The van der Waals surface area contributed by atoms with Gasteiger partial charge in [0.1, 0.15) is 12.1 Å². The molecule has 0 aromatic carbocycles. The maximum atomic E-state index is 4.56. The standard InChI is InChI=1S/C17H24N4/c1-3-9-18-13(2)14-8-10-19-17(11-14)21-12-20-15-6-4-5-7-16(15)21/h8,10-13,18H,3-7,9H2,1-2H3. The third-order valence-electron chi connectivity index (χ3n) is 4.25. The molecule has 2 aromatic heterocycles. The molecule has 112 valence electrons. The molecule has 2 heterocycles. The number of rotatable bonds is 5. The first-order chi connectivity index (χ1) is 10.3. The second-order valence-corrected chi connectivity index (χ2v) is 5.84. The molecular weight excluding hydrogens is 260 g/mol. The van der Waals surface area contributed by atoms with Crippen LogP contribution in [0.3, 0.4) is 0 Å². The van der Waals surface area contributed by atoms with Crippen LogP contribution in [-0.4, -0.2) is 21.1 Å². The van der Waals surface area contributed by atoms with Crippen molar-refractivity contribution in [2.45, 2.75) is 52.0 Å². The lowest BCUT2D eigenvalue weighted by atomic mass is 10.0. The maximum absolute atomic E-state index is 4.56. The van der Waals surface area contributed by atoms with E-state index in [4.69, 9.17) is 0 Å². The zero-order chi connectivity index (χ0) is 14.7. The molecular formula is C17H24N4.